The molecule has 0 saturated carbocycles. The average molecular weight is 315 g/mol. The Morgan fingerprint density at radius 1 is 1.38 bits per heavy atom. The minimum atomic E-state index is 0.210. The molecule has 1 N–H and O–H groups in total. The third kappa shape index (κ3) is 5.42. The molecule has 2 fully saturated rings. The molecular weight excluding hydrogens is 280 g/mol. The van der Waals surface area contributed by atoms with Crippen LogP contribution in [0.3, 0.4) is 0 Å². The summed E-state index contributed by atoms with van der Waals surface area (Å²) in [4.78, 5) is 2.52. The minimum Gasteiger partial charge on any atom is -0.374 e. The third-order valence-electron chi connectivity index (χ3n) is 5.09. The summed E-state index contributed by atoms with van der Waals surface area (Å²) < 4.78 is 6.11. The molecule has 0 aromatic carbocycles. The Labute approximate surface area is 135 Å². The smallest absolute Gasteiger partial charge is 0.0795 e. The van der Waals surface area contributed by atoms with Crippen molar-refractivity contribution in [2.24, 2.45) is 0 Å². The molecule has 4 heteroatoms. The normalized spacial score (nSPS) is 31.1. The van der Waals surface area contributed by atoms with Gasteiger partial charge in [0, 0.05) is 24.4 Å². The van der Waals surface area contributed by atoms with Crippen LogP contribution in [0, 0.1) is 0 Å². The summed E-state index contributed by atoms with van der Waals surface area (Å²) in [6.45, 7) is 11.4. The van der Waals surface area contributed by atoms with Gasteiger partial charge in [-0.3, -0.25) is 0 Å². The van der Waals surface area contributed by atoms with E-state index >= 15 is 0 Å². The predicted molar refractivity (Wildman–Crippen MR) is 93.3 cm³/mol. The first-order chi connectivity index (χ1) is 10.2. The van der Waals surface area contributed by atoms with Gasteiger partial charge in [-0.25, -0.2) is 0 Å². The maximum absolute atomic E-state index is 6.11. The van der Waals surface area contributed by atoms with Crippen LogP contribution in [-0.4, -0.2) is 60.3 Å². The largest absolute Gasteiger partial charge is 0.374 e. The van der Waals surface area contributed by atoms with Crippen molar-refractivity contribution < 1.29 is 4.74 Å². The van der Waals surface area contributed by atoms with Crippen LogP contribution in [0.5, 0.6) is 0 Å². The quantitative estimate of drug-likeness (QED) is 0.744. The second kappa shape index (κ2) is 8.76. The monoisotopic (exact) mass is 314 g/mol. The van der Waals surface area contributed by atoms with Gasteiger partial charge in [-0.1, -0.05) is 13.8 Å². The highest BCUT2D eigenvalue weighted by Crippen LogP contribution is 2.38. The summed E-state index contributed by atoms with van der Waals surface area (Å²) in [7, 11) is 0. The number of nitrogens with zero attached hydrogens (tertiary/aromatic N) is 1. The maximum atomic E-state index is 6.11. The van der Waals surface area contributed by atoms with E-state index in [1.165, 1.54) is 63.2 Å². The Morgan fingerprint density at radius 2 is 2.19 bits per heavy atom. The molecule has 2 rings (SSSR count). The fourth-order valence-corrected chi connectivity index (χ4v) is 5.06. The van der Waals surface area contributed by atoms with Crippen LogP contribution in [0.25, 0.3) is 0 Å². The lowest BCUT2D eigenvalue weighted by Crippen LogP contribution is -2.49. The molecule has 0 bridgehead atoms. The fraction of sp³-hybridized carbons (Fsp3) is 1.00. The van der Waals surface area contributed by atoms with Crippen molar-refractivity contribution in [3.05, 3.63) is 0 Å². The summed E-state index contributed by atoms with van der Waals surface area (Å²) in [5.41, 5.74) is 0.210. The van der Waals surface area contributed by atoms with Crippen molar-refractivity contribution in [3.63, 3.8) is 0 Å². The van der Waals surface area contributed by atoms with Crippen molar-refractivity contribution in [3.8, 4) is 0 Å². The second-order valence-corrected chi connectivity index (χ2v) is 7.87. The standard InChI is InChI=1S/C17H34N2OS/c1-4-19(5-2)10-6-7-15(3)18-16-8-11-20-17(13-16)9-12-21-14-17/h15-16,18H,4-14H2,1-3H3. The van der Waals surface area contributed by atoms with Crippen molar-refractivity contribution >= 4 is 11.8 Å². The van der Waals surface area contributed by atoms with E-state index in [1.54, 1.807) is 0 Å². The van der Waals surface area contributed by atoms with Gasteiger partial charge in [0.25, 0.3) is 0 Å². The van der Waals surface area contributed by atoms with Gasteiger partial charge in [-0.2, -0.15) is 11.8 Å². The summed E-state index contributed by atoms with van der Waals surface area (Å²) in [6.07, 6.45) is 6.26. The topological polar surface area (TPSA) is 24.5 Å². The van der Waals surface area contributed by atoms with E-state index in [0.717, 1.165) is 6.61 Å². The molecule has 0 aromatic rings. The second-order valence-electron chi connectivity index (χ2n) is 6.76. The average Bonchev–Trinajstić information content (AvgIpc) is 2.91. The lowest BCUT2D eigenvalue weighted by Gasteiger charge is -2.39. The van der Waals surface area contributed by atoms with Gasteiger partial charge in [-0.05, 0) is 64.4 Å². The van der Waals surface area contributed by atoms with E-state index in [2.05, 4.69) is 42.7 Å². The summed E-state index contributed by atoms with van der Waals surface area (Å²) in [5.74, 6) is 2.49. The van der Waals surface area contributed by atoms with Crippen LogP contribution in [0.4, 0.5) is 0 Å². The van der Waals surface area contributed by atoms with Crippen molar-refractivity contribution in [2.45, 2.75) is 70.6 Å². The third-order valence-corrected chi connectivity index (χ3v) is 6.31. The van der Waals surface area contributed by atoms with E-state index < -0.39 is 0 Å². The Morgan fingerprint density at radius 3 is 2.86 bits per heavy atom. The molecule has 0 aliphatic carbocycles. The SMILES string of the molecule is CCN(CC)CCCC(C)NC1CCOC2(CCSC2)C1. The number of nitrogens with one attached hydrogen (secondary N) is 1. The minimum absolute atomic E-state index is 0.210. The molecule has 0 radical (unpaired) electrons. The van der Waals surface area contributed by atoms with Crippen molar-refractivity contribution in [1.29, 1.82) is 0 Å². The van der Waals surface area contributed by atoms with Crippen LogP contribution in [0.1, 0.15) is 52.9 Å². The number of ether oxygens (including phenoxy) is 1. The summed E-state index contributed by atoms with van der Waals surface area (Å²) in [6, 6.07) is 1.30. The van der Waals surface area contributed by atoms with E-state index in [4.69, 9.17) is 4.74 Å². The van der Waals surface area contributed by atoms with Gasteiger partial charge in [0.1, 0.15) is 0 Å². The summed E-state index contributed by atoms with van der Waals surface area (Å²) >= 11 is 2.06. The van der Waals surface area contributed by atoms with E-state index in [0.29, 0.717) is 12.1 Å². The van der Waals surface area contributed by atoms with E-state index in [-0.39, 0.29) is 5.60 Å². The van der Waals surface area contributed by atoms with Gasteiger partial charge >= 0.3 is 0 Å². The number of thioether (sulfide) groups is 1. The van der Waals surface area contributed by atoms with Crippen LogP contribution in [0.15, 0.2) is 0 Å². The highest BCUT2D eigenvalue weighted by molar-refractivity contribution is 7.99. The highest BCUT2D eigenvalue weighted by Gasteiger charge is 2.40. The lowest BCUT2D eigenvalue weighted by atomic mass is 9.89. The zero-order chi connectivity index (χ0) is 15.1. The molecule has 3 nitrogen and oxygen atoms in total. The van der Waals surface area contributed by atoms with Gasteiger partial charge in [-0.15, -0.1) is 0 Å². The molecule has 2 aliphatic heterocycles. The van der Waals surface area contributed by atoms with E-state index in [1.807, 2.05) is 0 Å². The maximum Gasteiger partial charge on any atom is 0.0795 e. The first kappa shape index (κ1) is 17.6. The van der Waals surface area contributed by atoms with Crippen molar-refractivity contribution in [1.82, 2.24) is 10.2 Å². The fourth-order valence-electron chi connectivity index (χ4n) is 3.68. The number of hydrogen-bond donors (Lipinski definition) is 1. The molecule has 1 spiro atoms. The molecule has 0 amide bonds. The Kier molecular flexibility index (Phi) is 7.33. The molecule has 3 unspecified atom stereocenters. The van der Waals surface area contributed by atoms with Gasteiger partial charge in [0.15, 0.2) is 0 Å². The number of hydrogen-bond acceptors (Lipinski definition) is 4. The van der Waals surface area contributed by atoms with Crippen LogP contribution >= 0.6 is 11.8 Å². The van der Waals surface area contributed by atoms with Crippen molar-refractivity contribution in [2.75, 3.05) is 37.7 Å². The van der Waals surface area contributed by atoms with Gasteiger partial charge < -0.3 is 15.0 Å². The molecule has 3 atom stereocenters. The summed E-state index contributed by atoms with van der Waals surface area (Å²) in [5, 5.41) is 3.87. The zero-order valence-corrected chi connectivity index (χ0v) is 15.0. The first-order valence-corrected chi connectivity index (χ1v) is 10.0. The molecule has 21 heavy (non-hydrogen) atoms. The molecule has 0 aromatic heterocycles. The molecule has 124 valence electrons. The molecule has 2 heterocycles. The Bertz CT molecular complexity index is 291. The lowest BCUT2D eigenvalue weighted by molar-refractivity contribution is -0.0712. The van der Waals surface area contributed by atoms with Crippen LogP contribution < -0.4 is 5.32 Å². The predicted octanol–water partition coefficient (Wildman–Crippen LogP) is 3.14. The van der Waals surface area contributed by atoms with Gasteiger partial charge in [0.2, 0.25) is 0 Å². The molecule has 2 saturated heterocycles. The van der Waals surface area contributed by atoms with Gasteiger partial charge in [0.05, 0.1) is 5.60 Å². The Balaban J connectivity index is 1.66. The molecular formula is C17H34N2OS. The number of rotatable bonds is 8. The molecule has 2 aliphatic rings. The Hall–Kier alpha value is 0.230. The van der Waals surface area contributed by atoms with E-state index in [9.17, 15) is 0 Å². The first-order valence-electron chi connectivity index (χ1n) is 8.87. The van der Waals surface area contributed by atoms with Crippen LogP contribution in [-0.2, 0) is 4.74 Å². The zero-order valence-electron chi connectivity index (χ0n) is 14.2. The van der Waals surface area contributed by atoms with Crippen LogP contribution in [0.2, 0.25) is 0 Å². The highest BCUT2D eigenvalue weighted by atomic mass is 32.2.